The number of esters is 1. The quantitative estimate of drug-likeness (QED) is 0.0898. The van der Waals surface area contributed by atoms with Gasteiger partial charge in [-0.3, -0.25) is 4.79 Å². The number of nitrogens with zero attached hydrogens (tertiary/aromatic N) is 1. The van der Waals surface area contributed by atoms with Crippen molar-refractivity contribution >= 4 is 33.7 Å². The summed E-state index contributed by atoms with van der Waals surface area (Å²) < 4.78 is 78.2. The number of hydrogen-bond donors (Lipinski definition) is 2. The third-order valence-corrected chi connectivity index (χ3v) is 10.1. The highest BCUT2D eigenvalue weighted by Gasteiger charge is 2.35. The Kier molecular flexibility index (Phi) is 22.6. The maximum atomic E-state index is 14.3. The summed E-state index contributed by atoms with van der Waals surface area (Å²) in [6, 6.07) is 14.0. The third kappa shape index (κ3) is 19.1. The minimum Gasteiger partial charge on any atom is -0.457 e. The summed E-state index contributed by atoms with van der Waals surface area (Å²) in [5.41, 5.74) is 1.16. The van der Waals surface area contributed by atoms with E-state index in [1.165, 1.54) is 28.6 Å². The summed E-state index contributed by atoms with van der Waals surface area (Å²) in [5.74, 6) is -1.33. The predicted octanol–water partition coefficient (Wildman–Crippen LogP) is 2.67. The Bertz CT molecular complexity index is 1540. The van der Waals surface area contributed by atoms with Gasteiger partial charge in [-0.2, -0.15) is 4.31 Å². The van der Waals surface area contributed by atoms with E-state index in [2.05, 4.69) is 10.6 Å². The van der Waals surface area contributed by atoms with Gasteiger partial charge in [-0.1, -0.05) is 44.2 Å². The Labute approximate surface area is 335 Å². The number of carbonyl (C=O) groups excluding carboxylic acids is 3. The van der Waals surface area contributed by atoms with Gasteiger partial charge in [-0.25, -0.2) is 18.0 Å². The zero-order valence-corrected chi connectivity index (χ0v) is 34.2. The third-order valence-electron chi connectivity index (χ3n) is 8.28. The molecule has 0 unspecified atom stereocenters. The highest BCUT2D eigenvalue weighted by atomic mass is 32.2. The molecule has 0 saturated carbocycles. The lowest BCUT2D eigenvalue weighted by atomic mass is 10.0. The van der Waals surface area contributed by atoms with Crippen LogP contribution in [0.5, 0.6) is 0 Å². The number of alkyl carbamates (subject to hydrolysis) is 1. The van der Waals surface area contributed by atoms with E-state index in [1.54, 1.807) is 14.2 Å². The SMILES string of the molecule is COCCOCCOCC(=O)Nc1ccc(S(=O)(=O)N(CC(C)C)C[C@@H](OC(=O)COCCOCCOC)[C@H](Cc2ccccc2)NC(=O)O[C@H]2CCOC2)cc1. The summed E-state index contributed by atoms with van der Waals surface area (Å²) in [6.07, 6.45) is -1.69. The van der Waals surface area contributed by atoms with Gasteiger partial charge in [-0.15, -0.1) is 0 Å². The molecule has 18 heteroatoms. The van der Waals surface area contributed by atoms with Crippen molar-refractivity contribution < 1.29 is 65.4 Å². The maximum absolute atomic E-state index is 14.3. The van der Waals surface area contributed by atoms with Crippen LogP contribution in [0.2, 0.25) is 0 Å². The van der Waals surface area contributed by atoms with Crippen molar-refractivity contribution in [2.75, 3.05) is 112 Å². The number of rotatable bonds is 29. The van der Waals surface area contributed by atoms with Crippen molar-refractivity contribution in [1.29, 1.82) is 0 Å². The number of carbonyl (C=O) groups is 3. The van der Waals surface area contributed by atoms with Crippen LogP contribution in [-0.4, -0.2) is 156 Å². The van der Waals surface area contributed by atoms with Gasteiger partial charge in [0.05, 0.1) is 83.6 Å². The first-order valence-electron chi connectivity index (χ1n) is 19.0. The molecule has 2 aromatic rings. The lowest BCUT2D eigenvalue weighted by molar-refractivity contribution is -0.157. The van der Waals surface area contributed by atoms with Crippen LogP contribution in [0.4, 0.5) is 10.5 Å². The van der Waals surface area contributed by atoms with Crippen LogP contribution in [0.15, 0.2) is 59.5 Å². The van der Waals surface area contributed by atoms with Gasteiger partial charge in [0.2, 0.25) is 15.9 Å². The molecule has 0 spiro atoms. The maximum Gasteiger partial charge on any atom is 0.407 e. The normalized spacial score (nSPS) is 15.4. The van der Waals surface area contributed by atoms with Gasteiger partial charge in [-0.05, 0) is 42.2 Å². The Morgan fingerprint density at radius 2 is 1.42 bits per heavy atom. The van der Waals surface area contributed by atoms with E-state index < -0.39 is 52.8 Å². The van der Waals surface area contributed by atoms with Crippen LogP contribution in [0.1, 0.15) is 25.8 Å². The number of benzene rings is 2. The van der Waals surface area contributed by atoms with Crippen molar-refractivity contribution in [2.45, 2.75) is 49.8 Å². The number of hydrogen-bond acceptors (Lipinski definition) is 14. The number of amides is 2. The van der Waals surface area contributed by atoms with E-state index in [-0.39, 0.29) is 63.4 Å². The van der Waals surface area contributed by atoms with Gasteiger partial charge in [0, 0.05) is 32.9 Å². The standard InChI is InChI=1S/C39H59N3O14S/c1-30(2)25-42(57(46,47)34-12-10-32(11-13-34)40-37(43)28-53-22-20-50-18-16-48-3)26-36(56-38(44)29-54-23-21-51-19-17-49-4)35(24-31-8-6-5-7-9-31)41-39(45)55-33-14-15-52-27-33/h5-13,30,33,35-36H,14-29H2,1-4H3,(H,40,43)(H,41,45)/t33-,35-,36+/m0/s1. The minimum atomic E-state index is -4.22. The molecular formula is C39H59N3O14S. The second-order valence-corrected chi connectivity index (χ2v) is 15.4. The first-order chi connectivity index (χ1) is 27.5. The van der Waals surface area contributed by atoms with Crippen LogP contribution in [0, 0.1) is 5.92 Å². The van der Waals surface area contributed by atoms with Crippen molar-refractivity contribution in [3.63, 3.8) is 0 Å². The number of methoxy groups -OCH3 is 2. The van der Waals surface area contributed by atoms with Crippen LogP contribution in [-0.2, 0) is 68.7 Å². The lowest BCUT2D eigenvalue weighted by Gasteiger charge is -2.33. The van der Waals surface area contributed by atoms with E-state index in [4.69, 9.17) is 42.6 Å². The summed E-state index contributed by atoms with van der Waals surface area (Å²) in [6.45, 7) is 5.99. The molecule has 1 fully saturated rings. The van der Waals surface area contributed by atoms with Crippen LogP contribution in [0.3, 0.4) is 0 Å². The Morgan fingerprint density at radius 3 is 2.02 bits per heavy atom. The highest BCUT2D eigenvalue weighted by molar-refractivity contribution is 7.89. The van der Waals surface area contributed by atoms with Crippen molar-refractivity contribution in [3.8, 4) is 0 Å². The molecule has 1 saturated heterocycles. The van der Waals surface area contributed by atoms with Crippen LogP contribution >= 0.6 is 0 Å². The molecule has 2 N–H and O–H groups in total. The molecule has 3 rings (SSSR count). The first-order valence-corrected chi connectivity index (χ1v) is 20.4. The van der Waals surface area contributed by atoms with E-state index in [1.807, 2.05) is 44.2 Å². The fourth-order valence-corrected chi connectivity index (χ4v) is 7.13. The summed E-state index contributed by atoms with van der Waals surface area (Å²) in [5, 5.41) is 5.53. The molecule has 1 aliphatic heterocycles. The van der Waals surface area contributed by atoms with Crippen molar-refractivity contribution in [1.82, 2.24) is 9.62 Å². The van der Waals surface area contributed by atoms with Crippen molar-refractivity contribution in [3.05, 3.63) is 60.2 Å². The predicted molar refractivity (Wildman–Crippen MR) is 208 cm³/mol. The van der Waals surface area contributed by atoms with Crippen molar-refractivity contribution in [2.24, 2.45) is 5.92 Å². The Morgan fingerprint density at radius 1 is 0.807 bits per heavy atom. The molecule has 17 nitrogen and oxygen atoms in total. The number of sulfonamides is 1. The molecule has 0 aromatic heterocycles. The van der Waals surface area contributed by atoms with Gasteiger partial charge in [0.1, 0.15) is 25.4 Å². The zero-order chi connectivity index (χ0) is 41.3. The molecule has 0 bridgehead atoms. The lowest BCUT2D eigenvalue weighted by Crippen LogP contribution is -2.53. The second kappa shape index (κ2) is 27.1. The number of anilines is 1. The molecule has 0 aliphatic carbocycles. The summed E-state index contributed by atoms with van der Waals surface area (Å²) in [4.78, 5) is 39.0. The molecular weight excluding hydrogens is 767 g/mol. The molecule has 0 radical (unpaired) electrons. The zero-order valence-electron chi connectivity index (χ0n) is 33.4. The topological polar surface area (TPSA) is 196 Å². The van der Waals surface area contributed by atoms with Gasteiger partial charge >= 0.3 is 12.1 Å². The van der Waals surface area contributed by atoms with E-state index in [0.29, 0.717) is 51.7 Å². The average Bonchev–Trinajstić information content (AvgIpc) is 3.69. The first kappa shape index (κ1) is 47.7. The monoisotopic (exact) mass is 825 g/mol. The number of ether oxygens (including phenoxy) is 9. The van der Waals surface area contributed by atoms with Gasteiger partial charge < -0.3 is 53.3 Å². The highest BCUT2D eigenvalue weighted by Crippen LogP contribution is 2.22. The van der Waals surface area contributed by atoms with E-state index in [9.17, 15) is 22.8 Å². The molecule has 3 atom stereocenters. The van der Waals surface area contributed by atoms with E-state index in [0.717, 1.165) is 5.56 Å². The van der Waals surface area contributed by atoms with Crippen LogP contribution in [0.25, 0.3) is 0 Å². The summed E-state index contributed by atoms with van der Waals surface area (Å²) in [7, 11) is -1.09. The Balaban J connectivity index is 1.81. The fourth-order valence-electron chi connectivity index (χ4n) is 5.52. The number of nitrogens with one attached hydrogen (secondary N) is 2. The molecule has 320 valence electrons. The molecule has 2 amide bonds. The Hall–Kier alpha value is -3.72. The average molecular weight is 826 g/mol. The van der Waals surface area contributed by atoms with Gasteiger partial charge in [0.25, 0.3) is 0 Å². The fraction of sp³-hybridized carbons (Fsp3) is 0.615. The molecule has 57 heavy (non-hydrogen) atoms. The van der Waals surface area contributed by atoms with Gasteiger partial charge in [0.15, 0.2) is 0 Å². The molecule has 2 aromatic carbocycles. The van der Waals surface area contributed by atoms with E-state index >= 15 is 0 Å². The molecule has 1 heterocycles. The minimum absolute atomic E-state index is 0.0542. The van der Waals surface area contributed by atoms with Crippen LogP contribution < -0.4 is 10.6 Å². The smallest absolute Gasteiger partial charge is 0.407 e. The largest absolute Gasteiger partial charge is 0.457 e. The molecule has 1 aliphatic rings. The second-order valence-electron chi connectivity index (χ2n) is 13.5. The summed E-state index contributed by atoms with van der Waals surface area (Å²) >= 11 is 0.